The van der Waals surface area contributed by atoms with Crippen LogP contribution in [0.15, 0.2) is 54.6 Å². The molecule has 2 aromatic carbocycles. The number of halogens is 3. The number of amides is 2. The molecule has 178 valence electrons. The molecule has 5 nitrogen and oxygen atoms in total. The van der Waals surface area contributed by atoms with Crippen LogP contribution in [0.1, 0.15) is 31.4 Å². The quantitative estimate of drug-likeness (QED) is 0.681. The zero-order valence-electron chi connectivity index (χ0n) is 19.0. The number of hydrogen-bond donors (Lipinski definition) is 1. The van der Waals surface area contributed by atoms with Crippen molar-refractivity contribution in [2.45, 2.75) is 32.0 Å². The Balaban J connectivity index is 1.68. The maximum absolute atomic E-state index is 13.6. The van der Waals surface area contributed by atoms with E-state index < -0.39 is 23.3 Å². The van der Waals surface area contributed by atoms with Crippen LogP contribution in [-0.4, -0.2) is 55.2 Å². The van der Waals surface area contributed by atoms with Crippen LogP contribution in [0, 0.1) is 5.41 Å². The van der Waals surface area contributed by atoms with Gasteiger partial charge < -0.3 is 15.0 Å². The van der Waals surface area contributed by atoms with Gasteiger partial charge in [0.25, 0.3) is 0 Å². The molecule has 0 radical (unpaired) electrons. The van der Waals surface area contributed by atoms with Crippen LogP contribution in [0.2, 0.25) is 0 Å². The SMILES string of the molecule is CC1(C)CN(C(=O)Nc2cccc(C(F)(F)F)c2)[C@](CN2CCOCC2)(c2ccccc2)C1. The number of rotatable bonds is 4. The zero-order chi connectivity index (χ0) is 23.7. The highest BCUT2D eigenvalue weighted by Gasteiger charge is 2.53. The third-order valence-electron chi connectivity index (χ3n) is 6.46. The van der Waals surface area contributed by atoms with Crippen LogP contribution >= 0.6 is 0 Å². The fourth-order valence-corrected chi connectivity index (χ4v) is 5.12. The number of morpholine rings is 1. The summed E-state index contributed by atoms with van der Waals surface area (Å²) in [4.78, 5) is 17.7. The Morgan fingerprint density at radius 3 is 2.42 bits per heavy atom. The van der Waals surface area contributed by atoms with Crippen molar-refractivity contribution in [3.05, 3.63) is 65.7 Å². The summed E-state index contributed by atoms with van der Waals surface area (Å²) < 4.78 is 45.0. The van der Waals surface area contributed by atoms with Gasteiger partial charge in [0.15, 0.2) is 0 Å². The molecule has 0 aromatic heterocycles. The van der Waals surface area contributed by atoms with Crippen molar-refractivity contribution in [2.24, 2.45) is 5.41 Å². The lowest BCUT2D eigenvalue weighted by molar-refractivity contribution is -0.137. The summed E-state index contributed by atoms with van der Waals surface area (Å²) in [6.07, 6.45) is -3.72. The molecule has 2 saturated heterocycles. The second-order valence-electron chi connectivity index (χ2n) is 9.72. The maximum atomic E-state index is 13.6. The molecule has 2 heterocycles. The van der Waals surface area contributed by atoms with Crippen LogP contribution in [0.4, 0.5) is 23.7 Å². The maximum Gasteiger partial charge on any atom is 0.416 e. The summed E-state index contributed by atoms with van der Waals surface area (Å²) in [6.45, 7) is 8.23. The van der Waals surface area contributed by atoms with Gasteiger partial charge in [-0.15, -0.1) is 0 Å². The van der Waals surface area contributed by atoms with Crippen molar-refractivity contribution >= 4 is 11.7 Å². The van der Waals surface area contributed by atoms with Crippen LogP contribution in [-0.2, 0) is 16.5 Å². The highest BCUT2D eigenvalue weighted by molar-refractivity contribution is 5.90. The smallest absolute Gasteiger partial charge is 0.379 e. The molecule has 2 fully saturated rings. The van der Waals surface area contributed by atoms with E-state index in [1.165, 1.54) is 12.1 Å². The van der Waals surface area contributed by atoms with Crippen LogP contribution in [0.25, 0.3) is 0 Å². The lowest BCUT2D eigenvalue weighted by Crippen LogP contribution is -2.55. The lowest BCUT2D eigenvalue weighted by Gasteiger charge is -2.43. The normalized spacial score (nSPS) is 23.5. The predicted molar refractivity (Wildman–Crippen MR) is 121 cm³/mol. The summed E-state index contributed by atoms with van der Waals surface area (Å²) in [5.74, 6) is 0. The standard InChI is InChI=1S/C25H30F3N3O2/c1-23(2)16-24(19-7-4-3-5-8-19,18-30-11-13-33-14-12-30)31(17-23)22(32)29-21-10-6-9-20(15-21)25(26,27)28/h3-10,15H,11-14,16-18H2,1-2H3,(H,29,32)/t24-/m1/s1. The minimum Gasteiger partial charge on any atom is -0.379 e. The number of anilines is 1. The number of hydrogen-bond acceptors (Lipinski definition) is 3. The molecule has 0 bridgehead atoms. The summed E-state index contributed by atoms with van der Waals surface area (Å²) in [5, 5.41) is 2.74. The fourth-order valence-electron chi connectivity index (χ4n) is 5.12. The Morgan fingerprint density at radius 2 is 1.76 bits per heavy atom. The average molecular weight is 462 g/mol. The van der Waals surface area contributed by atoms with E-state index in [0.717, 1.165) is 37.2 Å². The first kappa shape index (κ1) is 23.6. The van der Waals surface area contributed by atoms with Gasteiger partial charge in [-0.1, -0.05) is 50.2 Å². The molecule has 1 atom stereocenters. The number of carbonyl (C=O) groups excluding carboxylic acids is 1. The number of benzene rings is 2. The van der Waals surface area contributed by atoms with E-state index in [4.69, 9.17) is 4.74 Å². The Bertz CT molecular complexity index is 974. The molecular formula is C25H30F3N3O2. The lowest BCUT2D eigenvalue weighted by atomic mass is 9.79. The van der Waals surface area contributed by atoms with Gasteiger partial charge in [-0.25, -0.2) is 4.79 Å². The number of nitrogens with zero attached hydrogens (tertiary/aromatic N) is 2. The van der Waals surface area contributed by atoms with Gasteiger partial charge in [0, 0.05) is 31.9 Å². The largest absolute Gasteiger partial charge is 0.416 e. The molecule has 1 N–H and O–H groups in total. The molecule has 4 rings (SSSR count). The molecule has 0 unspecified atom stereocenters. The van der Waals surface area contributed by atoms with Gasteiger partial charge in [-0.05, 0) is 35.6 Å². The summed E-state index contributed by atoms with van der Waals surface area (Å²) in [5.41, 5.74) is -0.389. The predicted octanol–water partition coefficient (Wildman–Crippen LogP) is 5.20. The summed E-state index contributed by atoms with van der Waals surface area (Å²) in [7, 11) is 0. The van der Waals surface area contributed by atoms with Crippen molar-refractivity contribution in [2.75, 3.05) is 44.7 Å². The number of nitrogens with one attached hydrogen (secondary N) is 1. The topological polar surface area (TPSA) is 44.8 Å². The van der Waals surface area contributed by atoms with E-state index in [2.05, 4.69) is 24.1 Å². The van der Waals surface area contributed by atoms with Crippen molar-refractivity contribution in [3.8, 4) is 0 Å². The van der Waals surface area contributed by atoms with Crippen molar-refractivity contribution in [1.29, 1.82) is 0 Å². The number of urea groups is 1. The van der Waals surface area contributed by atoms with Gasteiger partial charge >= 0.3 is 12.2 Å². The van der Waals surface area contributed by atoms with E-state index in [1.54, 1.807) is 0 Å². The molecule has 2 aliphatic heterocycles. The third-order valence-corrected chi connectivity index (χ3v) is 6.46. The molecule has 0 aliphatic carbocycles. The van der Waals surface area contributed by atoms with Gasteiger partial charge in [0.05, 0.1) is 24.3 Å². The second-order valence-corrected chi connectivity index (χ2v) is 9.72. The number of carbonyl (C=O) groups is 1. The average Bonchev–Trinajstić information content (AvgIpc) is 3.06. The highest BCUT2D eigenvalue weighted by atomic mass is 19.4. The summed E-state index contributed by atoms with van der Waals surface area (Å²) in [6, 6.07) is 14.3. The van der Waals surface area contributed by atoms with Gasteiger partial charge in [0.1, 0.15) is 0 Å². The second kappa shape index (κ2) is 8.99. The van der Waals surface area contributed by atoms with E-state index in [1.807, 2.05) is 35.2 Å². The van der Waals surface area contributed by atoms with Crippen molar-refractivity contribution < 1.29 is 22.7 Å². The molecule has 2 amide bonds. The molecule has 2 aliphatic rings. The summed E-state index contributed by atoms with van der Waals surface area (Å²) >= 11 is 0. The van der Waals surface area contributed by atoms with E-state index in [0.29, 0.717) is 26.3 Å². The first-order valence-electron chi connectivity index (χ1n) is 11.2. The van der Waals surface area contributed by atoms with Crippen molar-refractivity contribution in [1.82, 2.24) is 9.80 Å². The number of alkyl halides is 3. The molecule has 8 heteroatoms. The molecular weight excluding hydrogens is 431 g/mol. The van der Waals surface area contributed by atoms with Crippen LogP contribution < -0.4 is 5.32 Å². The van der Waals surface area contributed by atoms with Gasteiger partial charge in [-0.3, -0.25) is 4.90 Å². The molecule has 0 spiro atoms. The van der Waals surface area contributed by atoms with E-state index in [-0.39, 0.29) is 11.1 Å². The monoisotopic (exact) mass is 461 g/mol. The first-order valence-corrected chi connectivity index (χ1v) is 11.2. The third kappa shape index (κ3) is 5.17. The molecule has 0 saturated carbocycles. The molecule has 2 aromatic rings. The van der Waals surface area contributed by atoms with Gasteiger partial charge in [-0.2, -0.15) is 13.2 Å². The van der Waals surface area contributed by atoms with Gasteiger partial charge in [0.2, 0.25) is 0 Å². The Morgan fingerprint density at radius 1 is 1.06 bits per heavy atom. The Hall–Kier alpha value is -2.58. The van der Waals surface area contributed by atoms with Crippen LogP contribution in [0.3, 0.4) is 0 Å². The fraction of sp³-hybridized carbons (Fsp3) is 0.480. The van der Waals surface area contributed by atoms with Crippen molar-refractivity contribution in [3.63, 3.8) is 0 Å². The number of likely N-dealkylation sites (tertiary alicyclic amines) is 1. The van der Waals surface area contributed by atoms with E-state index in [9.17, 15) is 18.0 Å². The zero-order valence-corrected chi connectivity index (χ0v) is 19.0. The number of ether oxygens (including phenoxy) is 1. The Labute approximate surface area is 192 Å². The molecule has 33 heavy (non-hydrogen) atoms. The van der Waals surface area contributed by atoms with E-state index >= 15 is 0 Å². The first-order chi connectivity index (χ1) is 15.6. The minimum atomic E-state index is -4.47. The minimum absolute atomic E-state index is 0.132. The highest BCUT2D eigenvalue weighted by Crippen LogP contribution is 2.48. The van der Waals surface area contributed by atoms with Crippen LogP contribution in [0.5, 0.6) is 0 Å². The Kier molecular flexibility index (Phi) is 6.42.